The molecule has 4 heteroatoms. The van der Waals surface area contributed by atoms with Crippen LogP contribution in [0.5, 0.6) is 0 Å². The highest BCUT2D eigenvalue weighted by Gasteiger charge is 2.29. The van der Waals surface area contributed by atoms with Gasteiger partial charge < -0.3 is 14.9 Å². The molecule has 0 saturated heterocycles. The molecule has 23 heavy (non-hydrogen) atoms. The van der Waals surface area contributed by atoms with Gasteiger partial charge in [0.2, 0.25) is 0 Å². The van der Waals surface area contributed by atoms with Crippen LogP contribution in [0.25, 0.3) is 0 Å². The van der Waals surface area contributed by atoms with Crippen LogP contribution in [0.4, 0.5) is 0 Å². The molecule has 0 aromatic heterocycles. The minimum Gasteiger partial charge on any atom is -0.464 e. The molecule has 1 aromatic rings. The van der Waals surface area contributed by atoms with Crippen molar-refractivity contribution in [2.24, 2.45) is 0 Å². The average Bonchev–Trinajstić information content (AvgIpc) is 2.43. The van der Waals surface area contributed by atoms with E-state index < -0.39 is 18.2 Å². The molecule has 2 unspecified atom stereocenters. The average molecular weight is 322 g/mol. The van der Waals surface area contributed by atoms with E-state index in [9.17, 15) is 15.0 Å². The zero-order valence-corrected chi connectivity index (χ0v) is 15.3. The molecule has 4 nitrogen and oxygen atoms in total. The molecule has 0 bridgehead atoms. The molecule has 0 spiro atoms. The van der Waals surface area contributed by atoms with Gasteiger partial charge in [-0.15, -0.1) is 0 Å². The Morgan fingerprint density at radius 1 is 1.00 bits per heavy atom. The van der Waals surface area contributed by atoms with Crippen LogP contribution in [0, 0.1) is 0 Å². The molecule has 0 aliphatic carbocycles. The second kappa shape index (κ2) is 7.02. The Kier molecular flexibility index (Phi) is 6.00. The first-order chi connectivity index (χ1) is 10.4. The van der Waals surface area contributed by atoms with Crippen molar-refractivity contribution >= 4 is 5.97 Å². The maximum absolute atomic E-state index is 11.7. The minimum absolute atomic E-state index is 0.107. The summed E-state index contributed by atoms with van der Waals surface area (Å²) < 4.78 is 4.79. The zero-order chi connectivity index (χ0) is 18.0. The van der Waals surface area contributed by atoms with E-state index in [0.29, 0.717) is 5.56 Å². The first-order valence-corrected chi connectivity index (χ1v) is 8.06. The fraction of sp³-hybridized carbons (Fsp3) is 0.632. The molecule has 0 aliphatic heterocycles. The smallest absolute Gasteiger partial charge is 0.338 e. The van der Waals surface area contributed by atoms with Gasteiger partial charge >= 0.3 is 5.97 Å². The van der Waals surface area contributed by atoms with E-state index in [1.165, 1.54) is 0 Å². The monoisotopic (exact) mass is 322 g/mol. The van der Waals surface area contributed by atoms with E-state index in [2.05, 4.69) is 47.6 Å². The van der Waals surface area contributed by atoms with Crippen LogP contribution in [0.15, 0.2) is 18.2 Å². The maximum atomic E-state index is 11.7. The summed E-state index contributed by atoms with van der Waals surface area (Å²) in [5, 5.41) is 20.4. The van der Waals surface area contributed by atoms with Crippen LogP contribution >= 0.6 is 0 Å². The molecule has 2 atom stereocenters. The predicted octanol–water partition coefficient (Wildman–Crippen LogP) is 3.24. The summed E-state index contributed by atoms with van der Waals surface area (Å²) in [6.07, 6.45) is -2.89. The van der Waals surface area contributed by atoms with Crippen LogP contribution in [-0.4, -0.2) is 28.9 Å². The lowest BCUT2D eigenvalue weighted by atomic mass is 9.79. The SMILES string of the molecule is CCOC(=O)C(O)C(O)c1cc(C(C)(C)C)cc(C(C)(C)C)c1. The molecule has 0 radical (unpaired) electrons. The number of rotatable bonds is 4. The van der Waals surface area contributed by atoms with E-state index in [4.69, 9.17) is 4.74 Å². The fourth-order valence-corrected chi connectivity index (χ4v) is 2.23. The van der Waals surface area contributed by atoms with Gasteiger partial charge in [0.15, 0.2) is 6.10 Å². The van der Waals surface area contributed by atoms with Crippen molar-refractivity contribution in [2.75, 3.05) is 6.61 Å². The Bertz CT molecular complexity index is 517. The fourth-order valence-electron chi connectivity index (χ4n) is 2.23. The van der Waals surface area contributed by atoms with E-state index >= 15 is 0 Å². The van der Waals surface area contributed by atoms with Crippen molar-refractivity contribution in [3.05, 3.63) is 34.9 Å². The van der Waals surface area contributed by atoms with Gasteiger partial charge in [0.1, 0.15) is 6.10 Å². The van der Waals surface area contributed by atoms with Gasteiger partial charge in [-0.25, -0.2) is 4.79 Å². The molecule has 1 aromatic carbocycles. The number of hydrogen-bond donors (Lipinski definition) is 2. The number of carbonyl (C=O) groups excluding carboxylic acids is 1. The molecule has 1 rings (SSSR count). The highest BCUT2D eigenvalue weighted by molar-refractivity contribution is 5.75. The number of benzene rings is 1. The van der Waals surface area contributed by atoms with Gasteiger partial charge in [-0.3, -0.25) is 0 Å². The molecular formula is C19H30O4. The van der Waals surface area contributed by atoms with Crippen LogP contribution in [0.2, 0.25) is 0 Å². The quantitative estimate of drug-likeness (QED) is 0.835. The van der Waals surface area contributed by atoms with Crippen molar-refractivity contribution < 1.29 is 19.7 Å². The number of aliphatic hydroxyl groups excluding tert-OH is 2. The van der Waals surface area contributed by atoms with Gasteiger partial charge in [-0.05, 0) is 34.4 Å². The predicted molar refractivity (Wildman–Crippen MR) is 91.4 cm³/mol. The summed E-state index contributed by atoms with van der Waals surface area (Å²) in [6.45, 7) is 14.4. The van der Waals surface area contributed by atoms with Gasteiger partial charge in [0, 0.05) is 0 Å². The number of carbonyl (C=O) groups is 1. The number of esters is 1. The van der Waals surface area contributed by atoms with E-state index in [1.807, 2.05) is 12.1 Å². The first-order valence-electron chi connectivity index (χ1n) is 8.06. The van der Waals surface area contributed by atoms with Crippen molar-refractivity contribution in [1.29, 1.82) is 0 Å². The van der Waals surface area contributed by atoms with Crippen molar-refractivity contribution in [3.63, 3.8) is 0 Å². The summed E-state index contributed by atoms with van der Waals surface area (Å²) in [5.41, 5.74) is 2.42. The second-order valence-corrected chi connectivity index (χ2v) is 7.99. The molecule has 0 fully saturated rings. The van der Waals surface area contributed by atoms with Crippen molar-refractivity contribution in [1.82, 2.24) is 0 Å². The van der Waals surface area contributed by atoms with Crippen molar-refractivity contribution in [3.8, 4) is 0 Å². The molecular weight excluding hydrogens is 292 g/mol. The lowest BCUT2D eigenvalue weighted by Crippen LogP contribution is -2.30. The van der Waals surface area contributed by atoms with E-state index in [1.54, 1.807) is 6.92 Å². The van der Waals surface area contributed by atoms with E-state index in [0.717, 1.165) is 11.1 Å². The Morgan fingerprint density at radius 3 is 1.78 bits per heavy atom. The highest BCUT2D eigenvalue weighted by Crippen LogP contribution is 2.33. The number of hydrogen-bond acceptors (Lipinski definition) is 4. The molecule has 130 valence electrons. The van der Waals surface area contributed by atoms with Gasteiger partial charge in [0.05, 0.1) is 6.61 Å². The molecule has 0 heterocycles. The topological polar surface area (TPSA) is 66.8 Å². The Hall–Kier alpha value is -1.39. The summed E-state index contributed by atoms with van der Waals surface area (Å²) in [5.74, 6) is -0.807. The number of aliphatic hydroxyl groups is 2. The van der Waals surface area contributed by atoms with Crippen LogP contribution in [0.3, 0.4) is 0 Å². The first kappa shape index (κ1) is 19.7. The summed E-state index contributed by atoms with van der Waals surface area (Å²) >= 11 is 0. The summed E-state index contributed by atoms with van der Waals surface area (Å²) in [7, 11) is 0. The summed E-state index contributed by atoms with van der Waals surface area (Å²) in [4.78, 5) is 11.7. The third-order valence-corrected chi connectivity index (χ3v) is 3.86. The molecule has 0 saturated carbocycles. The Balaban J connectivity index is 3.32. The standard InChI is InChI=1S/C19H30O4/c1-8-23-17(22)16(21)15(20)12-9-13(18(2,3)4)11-14(10-12)19(5,6)7/h9-11,15-16,20-21H,8H2,1-7H3. The largest absolute Gasteiger partial charge is 0.464 e. The van der Waals surface area contributed by atoms with Gasteiger partial charge in [0.25, 0.3) is 0 Å². The van der Waals surface area contributed by atoms with Crippen molar-refractivity contribution in [2.45, 2.75) is 71.5 Å². The lowest BCUT2D eigenvalue weighted by molar-refractivity contribution is -0.159. The maximum Gasteiger partial charge on any atom is 0.338 e. The number of ether oxygens (including phenoxy) is 1. The third-order valence-electron chi connectivity index (χ3n) is 3.86. The van der Waals surface area contributed by atoms with Crippen LogP contribution < -0.4 is 0 Å². The van der Waals surface area contributed by atoms with Crippen LogP contribution in [0.1, 0.15) is 71.3 Å². The van der Waals surface area contributed by atoms with Crippen LogP contribution in [-0.2, 0) is 20.4 Å². The van der Waals surface area contributed by atoms with Gasteiger partial charge in [-0.2, -0.15) is 0 Å². The minimum atomic E-state index is -1.59. The van der Waals surface area contributed by atoms with Gasteiger partial charge in [-0.1, -0.05) is 59.7 Å². The zero-order valence-electron chi connectivity index (χ0n) is 15.3. The van der Waals surface area contributed by atoms with E-state index in [-0.39, 0.29) is 17.4 Å². The highest BCUT2D eigenvalue weighted by atomic mass is 16.5. The molecule has 0 amide bonds. The Morgan fingerprint density at radius 2 is 1.43 bits per heavy atom. The second-order valence-electron chi connectivity index (χ2n) is 7.99. The molecule has 0 aliphatic rings. The lowest BCUT2D eigenvalue weighted by Gasteiger charge is -2.28. The summed E-state index contributed by atoms with van der Waals surface area (Å²) in [6, 6.07) is 5.82. The molecule has 2 N–H and O–H groups in total. The third kappa shape index (κ3) is 5.05. The normalized spacial score (nSPS) is 15.2. The Labute approximate surface area is 139 Å².